The summed E-state index contributed by atoms with van der Waals surface area (Å²) in [5.74, 6) is -0.563. The Labute approximate surface area is 117 Å². The maximum atomic E-state index is 12.4. The second-order valence-corrected chi connectivity index (χ2v) is 5.44. The smallest absolute Gasteiger partial charge is 0.255 e. The van der Waals surface area contributed by atoms with Crippen LogP contribution in [0.15, 0.2) is 18.2 Å². The SMILES string of the molecule is Cc1ccc2c(c1)CN(C1CCC(=O)N(C)C1=O)C2=O. The van der Waals surface area contributed by atoms with Gasteiger partial charge < -0.3 is 4.90 Å². The Kier molecular flexibility index (Phi) is 2.85. The second-order valence-electron chi connectivity index (χ2n) is 5.44. The molecule has 20 heavy (non-hydrogen) atoms. The van der Waals surface area contributed by atoms with Crippen LogP contribution in [0, 0.1) is 6.92 Å². The summed E-state index contributed by atoms with van der Waals surface area (Å²) < 4.78 is 0. The first kappa shape index (κ1) is 12.8. The molecule has 2 heterocycles. The summed E-state index contributed by atoms with van der Waals surface area (Å²) in [6.07, 6.45) is 0.729. The van der Waals surface area contributed by atoms with Gasteiger partial charge in [0.25, 0.3) is 11.8 Å². The van der Waals surface area contributed by atoms with Gasteiger partial charge in [-0.1, -0.05) is 17.7 Å². The zero-order chi connectivity index (χ0) is 14.4. The molecule has 2 aliphatic rings. The number of carbonyl (C=O) groups is 3. The van der Waals surface area contributed by atoms with Crippen molar-refractivity contribution in [3.05, 3.63) is 34.9 Å². The highest BCUT2D eigenvalue weighted by Crippen LogP contribution is 2.29. The third-order valence-corrected chi connectivity index (χ3v) is 4.09. The molecular formula is C15H16N2O3. The first-order valence-electron chi connectivity index (χ1n) is 6.70. The largest absolute Gasteiger partial charge is 0.322 e. The Balaban J connectivity index is 1.89. The molecule has 0 radical (unpaired) electrons. The van der Waals surface area contributed by atoms with E-state index in [1.54, 1.807) is 4.90 Å². The maximum Gasteiger partial charge on any atom is 0.255 e. The van der Waals surface area contributed by atoms with E-state index in [-0.39, 0.29) is 17.7 Å². The minimum Gasteiger partial charge on any atom is -0.322 e. The van der Waals surface area contributed by atoms with Crippen molar-refractivity contribution in [3.8, 4) is 0 Å². The molecule has 1 fully saturated rings. The van der Waals surface area contributed by atoms with Gasteiger partial charge in [0, 0.05) is 25.6 Å². The average Bonchev–Trinajstić information content (AvgIpc) is 2.73. The Bertz CT molecular complexity index is 624. The van der Waals surface area contributed by atoms with Crippen molar-refractivity contribution in [1.29, 1.82) is 0 Å². The molecule has 0 aromatic heterocycles. The number of fused-ring (bicyclic) bond motifs is 1. The van der Waals surface area contributed by atoms with E-state index in [2.05, 4.69) is 0 Å². The van der Waals surface area contributed by atoms with Crippen molar-refractivity contribution in [2.24, 2.45) is 0 Å². The van der Waals surface area contributed by atoms with Crippen LogP contribution in [0.5, 0.6) is 0 Å². The van der Waals surface area contributed by atoms with Crippen molar-refractivity contribution in [3.63, 3.8) is 0 Å². The molecule has 0 N–H and O–H groups in total. The fourth-order valence-corrected chi connectivity index (χ4v) is 2.91. The normalized spacial score (nSPS) is 22.5. The number of hydrogen-bond acceptors (Lipinski definition) is 3. The predicted octanol–water partition coefficient (Wildman–Crippen LogP) is 1.10. The Morgan fingerprint density at radius 3 is 2.70 bits per heavy atom. The molecule has 1 atom stereocenters. The number of amides is 3. The highest BCUT2D eigenvalue weighted by atomic mass is 16.2. The minimum absolute atomic E-state index is 0.110. The summed E-state index contributed by atoms with van der Waals surface area (Å²) in [7, 11) is 1.48. The van der Waals surface area contributed by atoms with Gasteiger partial charge in [-0.25, -0.2) is 0 Å². The van der Waals surface area contributed by atoms with Gasteiger partial charge in [-0.2, -0.15) is 0 Å². The number of nitrogens with zero attached hydrogens (tertiary/aromatic N) is 2. The van der Waals surface area contributed by atoms with Gasteiger partial charge in [0.15, 0.2) is 0 Å². The molecular weight excluding hydrogens is 256 g/mol. The highest BCUT2D eigenvalue weighted by Gasteiger charge is 2.41. The number of likely N-dealkylation sites (N-methyl/N-ethyl adjacent to an activating group) is 1. The molecule has 0 saturated carbocycles. The molecule has 1 saturated heterocycles. The van der Waals surface area contributed by atoms with Crippen molar-refractivity contribution >= 4 is 17.7 Å². The second kappa shape index (κ2) is 4.44. The standard InChI is InChI=1S/C15H16N2O3/c1-9-3-4-11-10(7-9)8-17(14(11)19)12-5-6-13(18)16(2)15(12)20/h3-4,7,12H,5-6,8H2,1-2H3. The molecule has 1 unspecified atom stereocenters. The molecule has 0 spiro atoms. The van der Waals surface area contributed by atoms with E-state index in [4.69, 9.17) is 0 Å². The van der Waals surface area contributed by atoms with E-state index in [9.17, 15) is 14.4 Å². The van der Waals surface area contributed by atoms with E-state index in [0.717, 1.165) is 16.0 Å². The van der Waals surface area contributed by atoms with Crippen LogP contribution in [0.3, 0.4) is 0 Å². The summed E-state index contributed by atoms with van der Waals surface area (Å²) in [5, 5.41) is 0. The third kappa shape index (κ3) is 1.81. The number of piperidine rings is 1. The van der Waals surface area contributed by atoms with E-state index in [0.29, 0.717) is 24.9 Å². The Hall–Kier alpha value is -2.17. The quantitative estimate of drug-likeness (QED) is 0.719. The summed E-state index contributed by atoms with van der Waals surface area (Å²) in [4.78, 5) is 38.8. The van der Waals surface area contributed by atoms with E-state index >= 15 is 0 Å². The monoisotopic (exact) mass is 272 g/mol. The van der Waals surface area contributed by atoms with E-state index < -0.39 is 6.04 Å². The molecule has 0 aliphatic carbocycles. The van der Waals surface area contributed by atoms with Gasteiger partial charge >= 0.3 is 0 Å². The van der Waals surface area contributed by atoms with Gasteiger partial charge in [0.2, 0.25) is 5.91 Å². The number of carbonyl (C=O) groups excluding carboxylic acids is 3. The maximum absolute atomic E-state index is 12.4. The van der Waals surface area contributed by atoms with E-state index in [1.165, 1.54) is 7.05 Å². The molecule has 5 nitrogen and oxygen atoms in total. The predicted molar refractivity (Wildman–Crippen MR) is 71.9 cm³/mol. The zero-order valence-electron chi connectivity index (χ0n) is 11.5. The Morgan fingerprint density at radius 2 is 1.95 bits per heavy atom. The van der Waals surface area contributed by atoms with Crippen molar-refractivity contribution < 1.29 is 14.4 Å². The van der Waals surface area contributed by atoms with Crippen molar-refractivity contribution in [2.75, 3.05) is 7.05 Å². The van der Waals surface area contributed by atoms with Crippen molar-refractivity contribution in [2.45, 2.75) is 32.4 Å². The highest BCUT2D eigenvalue weighted by molar-refractivity contribution is 6.05. The summed E-state index contributed by atoms with van der Waals surface area (Å²) in [6, 6.07) is 5.18. The van der Waals surface area contributed by atoms with Crippen LogP contribution in [0.4, 0.5) is 0 Å². The fourth-order valence-electron chi connectivity index (χ4n) is 2.91. The molecule has 3 amide bonds. The zero-order valence-corrected chi connectivity index (χ0v) is 11.5. The minimum atomic E-state index is -0.516. The first-order chi connectivity index (χ1) is 9.49. The molecule has 0 bridgehead atoms. The van der Waals surface area contributed by atoms with Gasteiger partial charge in [-0.3, -0.25) is 19.3 Å². The molecule has 1 aromatic rings. The number of likely N-dealkylation sites (tertiary alicyclic amines) is 1. The topological polar surface area (TPSA) is 57.7 Å². The van der Waals surface area contributed by atoms with Gasteiger partial charge in [0.1, 0.15) is 6.04 Å². The molecule has 3 rings (SSSR count). The number of benzene rings is 1. The molecule has 5 heteroatoms. The average molecular weight is 272 g/mol. The summed E-state index contributed by atoms with van der Waals surface area (Å²) in [5.41, 5.74) is 2.73. The van der Waals surface area contributed by atoms with E-state index in [1.807, 2.05) is 25.1 Å². The van der Waals surface area contributed by atoms with Gasteiger partial charge in [-0.05, 0) is 25.0 Å². The lowest BCUT2D eigenvalue weighted by molar-refractivity contribution is -0.150. The van der Waals surface area contributed by atoms with Crippen LogP contribution in [-0.4, -0.2) is 40.6 Å². The summed E-state index contributed by atoms with van der Waals surface area (Å²) in [6.45, 7) is 2.43. The lowest BCUT2D eigenvalue weighted by atomic mass is 10.0. The third-order valence-electron chi connectivity index (χ3n) is 4.09. The molecule has 1 aromatic carbocycles. The van der Waals surface area contributed by atoms with Gasteiger partial charge in [0.05, 0.1) is 0 Å². The first-order valence-corrected chi connectivity index (χ1v) is 6.70. The van der Waals surface area contributed by atoms with Crippen LogP contribution in [0.25, 0.3) is 0 Å². The van der Waals surface area contributed by atoms with Crippen molar-refractivity contribution in [1.82, 2.24) is 9.80 Å². The summed E-state index contributed by atoms with van der Waals surface area (Å²) >= 11 is 0. The van der Waals surface area contributed by atoms with Crippen LogP contribution < -0.4 is 0 Å². The number of imide groups is 1. The lowest BCUT2D eigenvalue weighted by Gasteiger charge is -2.33. The molecule has 104 valence electrons. The number of rotatable bonds is 1. The Morgan fingerprint density at radius 1 is 1.20 bits per heavy atom. The van der Waals surface area contributed by atoms with Gasteiger partial charge in [-0.15, -0.1) is 0 Å². The van der Waals surface area contributed by atoms with Crippen LogP contribution in [-0.2, 0) is 16.1 Å². The lowest BCUT2D eigenvalue weighted by Crippen LogP contribution is -2.53. The number of aryl methyl sites for hydroxylation is 1. The number of hydrogen-bond donors (Lipinski definition) is 0. The van der Waals surface area contributed by atoms with Crippen LogP contribution >= 0.6 is 0 Å². The van der Waals surface area contributed by atoms with Crippen LogP contribution in [0.2, 0.25) is 0 Å². The van der Waals surface area contributed by atoms with Crippen LogP contribution in [0.1, 0.15) is 34.3 Å². The molecule has 2 aliphatic heterocycles. The fraction of sp³-hybridized carbons (Fsp3) is 0.400.